The third kappa shape index (κ3) is 3.10. The van der Waals surface area contributed by atoms with E-state index in [4.69, 9.17) is 4.52 Å². The van der Waals surface area contributed by atoms with Crippen LogP contribution in [0.5, 0.6) is 0 Å². The van der Waals surface area contributed by atoms with Crippen LogP contribution in [-0.2, 0) is 10.0 Å². The van der Waals surface area contributed by atoms with E-state index in [-0.39, 0.29) is 10.8 Å². The summed E-state index contributed by atoms with van der Waals surface area (Å²) in [6.45, 7) is 7.36. The first-order chi connectivity index (χ1) is 9.86. The summed E-state index contributed by atoms with van der Waals surface area (Å²) in [5.74, 6) is 0.564. The van der Waals surface area contributed by atoms with Crippen molar-refractivity contribution in [3.8, 4) is 0 Å². The molecule has 0 bridgehead atoms. The van der Waals surface area contributed by atoms with E-state index in [0.29, 0.717) is 17.1 Å². The summed E-state index contributed by atoms with van der Waals surface area (Å²) in [6, 6.07) is 7.45. The van der Waals surface area contributed by atoms with Gasteiger partial charge in [0.15, 0.2) is 10.7 Å². The zero-order valence-corrected chi connectivity index (χ0v) is 13.5. The molecule has 2 aromatic rings. The molecule has 2 rings (SSSR count). The Morgan fingerprint density at radius 1 is 1.29 bits per heavy atom. The van der Waals surface area contributed by atoms with Crippen molar-refractivity contribution >= 4 is 15.7 Å². The van der Waals surface area contributed by atoms with Gasteiger partial charge in [-0.15, -0.1) is 0 Å². The highest BCUT2D eigenvalue weighted by Gasteiger charge is 2.25. The Labute approximate surface area is 125 Å². The Hall–Kier alpha value is -1.82. The monoisotopic (exact) mass is 308 g/mol. The lowest BCUT2D eigenvalue weighted by Crippen LogP contribution is -2.16. The molecule has 0 saturated carbocycles. The number of benzene rings is 1. The summed E-state index contributed by atoms with van der Waals surface area (Å²) >= 11 is 0. The van der Waals surface area contributed by atoms with Crippen LogP contribution in [0.15, 0.2) is 33.7 Å². The molecule has 1 N–H and O–H groups in total. The molecule has 0 aliphatic rings. The van der Waals surface area contributed by atoms with Crippen LogP contribution >= 0.6 is 0 Å². The fourth-order valence-corrected chi connectivity index (χ4v) is 3.71. The lowest BCUT2D eigenvalue weighted by Gasteiger charge is -2.16. The Morgan fingerprint density at radius 2 is 1.95 bits per heavy atom. The average molecular weight is 308 g/mol. The van der Waals surface area contributed by atoms with E-state index in [1.54, 1.807) is 19.9 Å². The third-order valence-corrected chi connectivity index (χ3v) is 5.19. The van der Waals surface area contributed by atoms with Crippen molar-refractivity contribution < 1.29 is 12.9 Å². The summed E-state index contributed by atoms with van der Waals surface area (Å²) < 4.78 is 32.7. The van der Waals surface area contributed by atoms with Crippen molar-refractivity contribution in [1.29, 1.82) is 0 Å². The molecule has 5 nitrogen and oxygen atoms in total. The van der Waals surface area contributed by atoms with Crippen LogP contribution in [0.1, 0.15) is 43.2 Å². The molecule has 0 unspecified atom stereocenters. The van der Waals surface area contributed by atoms with Crippen LogP contribution < -0.4 is 4.72 Å². The maximum Gasteiger partial charge on any atom is 0.267 e. The molecule has 0 spiro atoms. The predicted molar refractivity (Wildman–Crippen MR) is 81.9 cm³/mol. The number of anilines is 1. The molecule has 0 radical (unpaired) electrons. The van der Waals surface area contributed by atoms with Gasteiger partial charge in [0.2, 0.25) is 0 Å². The minimum Gasteiger partial charge on any atom is -0.360 e. The van der Waals surface area contributed by atoms with E-state index in [0.717, 1.165) is 12.0 Å². The van der Waals surface area contributed by atoms with Crippen molar-refractivity contribution in [2.24, 2.45) is 0 Å². The number of hydrogen-bond acceptors (Lipinski definition) is 4. The molecule has 0 amide bonds. The van der Waals surface area contributed by atoms with E-state index in [2.05, 4.69) is 23.7 Å². The second-order valence-electron chi connectivity index (χ2n) is 5.16. The molecule has 0 aliphatic carbocycles. The van der Waals surface area contributed by atoms with Gasteiger partial charge in [-0.25, -0.2) is 8.42 Å². The molecule has 0 fully saturated rings. The minimum atomic E-state index is -3.70. The standard InChI is InChI=1S/C15H20N2O3S/c1-5-10(2)13-8-6-7-9-14(13)17-21(18,19)15-11(3)16-20-12(15)4/h6-10,17H,5H2,1-4H3/t10-/m1/s1. The largest absolute Gasteiger partial charge is 0.360 e. The molecule has 6 heteroatoms. The number of nitrogens with zero attached hydrogens (tertiary/aromatic N) is 1. The van der Waals surface area contributed by atoms with Crippen molar-refractivity contribution in [3.05, 3.63) is 41.3 Å². The molecule has 0 saturated heterocycles. The van der Waals surface area contributed by atoms with Gasteiger partial charge in [0.25, 0.3) is 10.0 Å². The number of hydrogen-bond donors (Lipinski definition) is 1. The normalized spacial score (nSPS) is 13.1. The highest BCUT2D eigenvalue weighted by Crippen LogP contribution is 2.29. The maximum atomic E-state index is 12.6. The average Bonchev–Trinajstić information content (AvgIpc) is 2.78. The van der Waals surface area contributed by atoms with Crippen LogP contribution in [0, 0.1) is 13.8 Å². The van der Waals surface area contributed by atoms with E-state index < -0.39 is 10.0 Å². The molecule has 1 aromatic heterocycles. The zero-order valence-electron chi connectivity index (χ0n) is 12.7. The molecule has 1 atom stereocenters. The predicted octanol–water partition coefficient (Wildman–Crippen LogP) is 3.61. The van der Waals surface area contributed by atoms with Gasteiger partial charge >= 0.3 is 0 Å². The number of sulfonamides is 1. The van der Waals surface area contributed by atoms with Crippen molar-refractivity contribution in [2.75, 3.05) is 4.72 Å². The van der Waals surface area contributed by atoms with Gasteiger partial charge in [-0.2, -0.15) is 0 Å². The van der Waals surface area contributed by atoms with Gasteiger partial charge in [-0.3, -0.25) is 4.72 Å². The molecule has 1 heterocycles. The molecule has 1 aromatic carbocycles. The van der Waals surface area contributed by atoms with Gasteiger partial charge in [0.05, 0.1) is 5.69 Å². The summed E-state index contributed by atoms with van der Waals surface area (Å²) in [5, 5.41) is 3.70. The number of nitrogens with one attached hydrogen (secondary N) is 1. The van der Waals surface area contributed by atoms with Gasteiger partial charge in [-0.1, -0.05) is 37.2 Å². The van der Waals surface area contributed by atoms with E-state index >= 15 is 0 Å². The highest BCUT2D eigenvalue weighted by molar-refractivity contribution is 7.92. The fraction of sp³-hybridized carbons (Fsp3) is 0.400. The highest BCUT2D eigenvalue weighted by atomic mass is 32.2. The van der Waals surface area contributed by atoms with Crippen molar-refractivity contribution in [1.82, 2.24) is 5.16 Å². The number of aromatic nitrogens is 1. The van der Waals surface area contributed by atoms with E-state index in [1.165, 1.54) is 0 Å². The lowest BCUT2D eigenvalue weighted by atomic mass is 9.97. The number of para-hydroxylation sites is 1. The topological polar surface area (TPSA) is 72.2 Å². The molecule has 0 aliphatic heterocycles. The molecular formula is C15H20N2O3S. The zero-order chi connectivity index (χ0) is 15.6. The van der Waals surface area contributed by atoms with Crippen LogP contribution in [0.2, 0.25) is 0 Å². The minimum absolute atomic E-state index is 0.112. The summed E-state index contributed by atoms with van der Waals surface area (Å²) in [5.41, 5.74) is 1.95. The first kappa shape index (κ1) is 15.6. The van der Waals surface area contributed by atoms with Gasteiger partial charge in [0.1, 0.15) is 5.69 Å². The Balaban J connectivity index is 2.43. The van der Waals surface area contributed by atoms with E-state index in [9.17, 15) is 8.42 Å². The number of rotatable bonds is 5. The lowest BCUT2D eigenvalue weighted by molar-refractivity contribution is 0.390. The quantitative estimate of drug-likeness (QED) is 0.916. The van der Waals surface area contributed by atoms with Gasteiger partial charge in [-0.05, 0) is 37.8 Å². The van der Waals surface area contributed by atoms with Crippen LogP contribution in [-0.4, -0.2) is 13.6 Å². The fourth-order valence-electron chi connectivity index (χ4n) is 2.29. The third-order valence-electron chi connectivity index (χ3n) is 3.59. The summed E-state index contributed by atoms with van der Waals surface area (Å²) in [6.07, 6.45) is 0.935. The maximum absolute atomic E-state index is 12.6. The van der Waals surface area contributed by atoms with E-state index in [1.807, 2.05) is 18.2 Å². The van der Waals surface area contributed by atoms with Gasteiger partial charge in [0, 0.05) is 0 Å². The molecule has 21 heavy (non-hydrogen) atoms. The Bertz CT molecular complexity index is 716. The second-order valence-corrected chi connectivity index (χ2v) is 6.77. The summed E-state index contributed by atoms with van der Waals surface area (Å²) in [4.78, 5) is 0.112. The molecule has 114 valence electrons. The number of aryl methyl sites for hydroxylation is 2. The van der Waals surface area contributed by atoms with Gasteiger partial charge < -0.3 is 4.52 Å². The first-order valence-electron chi connectivity index (χ1n) is 6.91. The van der Waals surface area contributed by atoms with Crippen LogP contribution in [0.25, 0.3) is 0 Å². The second kappa shape index (κ2) is 5.89. The van der Waals surface area contributed by atoms with Crippen LogP contribution in [0.4, 0.5) is 5.69 Å². The Kier molecular flexibility index (Phi) is 4.37. The SMILES string of the molecule is CC[C@@H](C)c1ccccc1NS(=O)(=O)c1c(C)noc1C. The summed E-state index contributed by atoms with van der Waals surface area (Å²) in [7, 11) is -3.70. The van der Waals surface area contributed by atoms with Crippen LogP contribution in [0.3, 0.4) is 0 Å². The Morgan fingerprint density at radius 3 is 2.52 bits per heavy atom. The smallest absolute Gasteiger partial charge is 0.267 e. The van der Waals surface area contributed by atoms with Crippen molar-refractivity contribution in [3.63, 3.8) is 0 Å². The first-order valence-corrected chi connectivity index (χ1v) is 8.39. The van der Waals surface area contributed by atoms with Crippen molar-refractivity contribution in [2.45, 2.75) is 44.9 Å². The molecular weight excluding hydrogens is 288 g/mol.